The summed E-state index contributed by atoms with van der Waals surface area (Å²) in [6.07, 6.45) is 0. The van der Waals surface area contributed by atoms with Gasteiger partial charge in [-0.25, -0.2) is 10.2 Å². The molecule has 2 amide bonds. The molecule has 0 aliphatic heterocycles. The molecule has 0 spiro atoms. The van der Waals surface area contributed by atoms with Gasteiger partial charge in [0.2, 0.25) is 10.7 Å². The summed E-state index contributed by atoms with van der Waals surface area (Å²) in [6, 6.07) is 22.9. The Kier molecular flexibility index (Phi) is 6.82. The molecule has 0 radical (unpaired) electrons. The number of hydrazine groups is 1. The third-order valence-corrected chi connectivity index (χ3v) is 5.09. The van der Waals surface area contributed by atoms with Crippen LogP contribution in [0.2, 0.25) is 5.02 Å². The fourth-order valence-electron chi connectivity index (χ4n) is 2.98. The van der Waals surface area contributed by atoms with Gasteiger partial charge in [0.15, 0.2) is 5.82 Å². The van der Waals surface area contributed by atoms with Gasteiger partial charge in [0.05, 0.1) is 12.8 Å². The number of hydrogen-bond acceptors (Lipinski definition) is 6. The minimum atomic E-state index is -0.496. The Morgan fingerprint density at radius 1 is 0.970 bits per heavy atom. The normalized spacial score (nSPS) is 10.4. The summed E-state index contributed by atoms with van der Waals surface area (Å²) in [5.41, 5.74) is 7.50. The van der Waals surface area contributed by atoms with Gasteiger partial charge in [0.1, 0.15) is 5.75 Å². The number of benzene rings is 3. The van der Waals surface area contributed by atoms with E-state index in [0.29, 0.717) is 28.0 Å². The van der Waals surface area contributed by atoms with Crippen molar-refractivity contribution in [2.24, 2.45) is 0 Å². The molecule has 0 aliphatic rings. The maximum absolute atomic E-state index is 12.4. The SMILES string of the molecule is COc1ccc(-n2c(NNC(=O)Nc3ccc(Cl)cc3)nc(-c3ccccc3)nc2=S)cc1. The zero-order valence-electron chi connectivity index (χ0n) is 17.4. The van der Waals surface area contributed by atoms with Crippen LogP contribution in [0.5, 0.6) is 5.75 Å². The molecule has 4 rings (SSSR count). The molecule has 33 heavy (non-hydrogen) atoms. The fourth-order valence-corrected chi connectivity index (χ4v) is 3.38. The van der Waals surface area contributed by atoms with E-state index in [1.807, 2.05) is 42.5 Å². The number of nitrogens with zero attached hydrogens (tertiary/aromatic N) is 3. The maximum Gasteiger partial charge on any atom is 0.337 e. The third-order valence-electron chi connectivity index (χ3n) is 4.57. The van der Waals surface area contributed by atoms with Gasteiger partial charge >= 0.3 is 6.03 Å². The second-order valence-electron chi connectivity index (χ2n) is 6.76. The highest BCUT2D eigenvalue weighted by molar-refractivity contribution is 7.71. The molecule has 166 valence electrons. The van der Waals surface area contributed by atoms with Crippen LogP contribution >= 0.6 is 23.8 Å². The summed E-state index contributed by atoms with van der Waals surface area (Å²) in [6.45, 7) is 0. The van der Waals surface area contributed by atoms with Crippen molar-refractivity contribution in [2.45, 2.75) is 0 Å². The summed E-state index contributed by atoms with van der Waals surface area (Å²) >= 11 is 11.5. The highest BCUT2D eigenvalue weighted by Crippen LogP contribution is 2.22. The predicted molar refractivity (Wildman–Crippen MR) is 131 cm³/mol. The standard InChI is InChI=1S/C23H19ClN6O2S/c1-32-19-13-11-18(12-14-19)30-21(26-20(27-23(30)33)15-5-3-2-4-6-15)28-29-22(31)25-17-9-7-16(24)8-10-17/h2-14H,1H3,(H2,25,29,31)(H,26,27,28,33). The van der Waals surface area contributed by atoms with Gasteiger partial charge in [-0.2, -0.15) is 9.97 Å². The predicted octanol–water partition coefficient (Wildman–Crippen LogP) is 5.47. The number of nitrogens with one attached hydrogen (secondary N) is 3. The number of aromatic nitrogens is 3. The summed E-state index contributed by atoms with van der Waals surface area (Å²) < 4.78 is 7.11. The number of methoxy groups -OCH3 is 1. The van der Waals surface area contributed by atoms with E-state index in [0.717, 1.165) is 5.56 Å². The van der Waals surface area contributed by atoms with Gasteiger partial charge in [0.25, 0.3) is 0 Å². The lowest BCUT2D eigenvalue weighted by molar-refractivity contribution is 0.253. The van der Waals surface area contributed by atoms with Crippen LogP contribution in [0, 0.1) is 4.77 Å². The Bertz CT molecular complexity index is 1310. The first-order chi connectivity index (χ1) is 16.0. The highest BCUT2D eigenvalue weighted by atomic mass is 35.5. The topological polar surface area (TPSA) is 93.1 Å². The Morgan fingerprint density at radius 2 is 1.67 bits per heavy atom. The van der Waals surface area contributed by atoms with E-state index in [-0.39, 0.29) is 10.7 Å². The van der Waals surface area contributed by atoms with E-state index >= 15 is 0 Å². The molecule has 0 unspecified atom stereocenters. The summed E-state index contributed by atoms with van der Waals surface area (Å²) in [7, 11) is 1.59. The minimum absolute atomic E-state index is 0.261. The quantitative estimate of drug-likeness (QED) is 0.251. The summed E-state index contributed by atoms with van der Waals surface area (Å²) in [4.78, 5) is 21.5. The van der Waals surface area contributed by atoms with Crippen molar-refractivity contribution in [3.05, 3.63) is 88.7 Å². The monoisotopic (exact) mass is 478 g/mol. The largest absolute Gasteiger partial charge is 0.497 e. The van der Waals surface area contributed by atoms with Crippen molar-refractivity contribution in [1.29, 1.82) is 0 Å². The number of hydrogen-bond donors (Lipinski definition) is 3. The van der Waals surface area contributed by atoms with Crippen LogP contribution in [0.4, 0.5) is 16.4 Å². The molecule has 8 nitrogen and oxygen atoms in total. The molecule has 1 aromatic heterocycles. The molecule has 1 heterocycles. The van der Waals surface area contributed by atoms with Crippen molar-refractivity contribution in [1.82, 2.24) is 20.0 Å². The second kappa shape index (κ2) is 10.1. The Morgan fingerprint density at radius 3 is 2.33 bits per heavy atom. The van der Waals surface area contributed by atoms with Crippen molar-refractivity contribution < 1.29 is 9.53 Å². The maximum atomic E-state index is 12.4. The molecule has 0 atom stereocenters. The van der Waals surface area contributed by atoms with Gasteiger partial charge in [-0.15, -0.1) is 0 Å². The molecule has 0 saturated heterocycles. The third kappa shape index (κ3) is 5.46. The van der Waals surface area contributed by atoms with Crippen molar-refractivity contribution in [3.8, 4) is 22.8 Å². The minimum Gasteiger partial charge on any atom is -0.497 e. The Hall–Kier alpha value is -3.95. The number of rotatable bonds is 6. The molecule has 10 heteroatoms. The van der Waals surface area contributed by atoms with Crippen LogP contribution in [-0.4, -0.2) is 27.7 Å². The van der Waals surface area contributed by atoms with Crippen LogP contribution in [0.3, 0.4) is 0 Å². The first kappa shape index (κ1) is 22.3. The zero-order valence-corrected chi connectivity index (χ0v) is 19.0. The van der Waals surface area contributed by atoms with E-state index in [2.05, 4.69) is 26.1 Å². The number of carbonyl (C=O) groups excluding carboxylic acids is 1. The molecule has 0 saturated carbocycles. The Balaban J connectivity index is 1.65. The van der Waals surface area contributed by atoms with E-state index in [1.165, 1.54) is 0 Å². The van der Waals surface area contributed by atoms with Gasteiger partial charge in [-0.3, -0.25) is 9.99 Å². The van der Waals surface area contributed by atoms with Crippen LogP contribution in [0.15, 0.2) is 78.9 Å². The first-order valence-electron chi connectivity index (χ1n) is 9.83. The van der Waals surface area contributed by atoms with Crippen LogP contribution in [-0.2, 0) is 0 Å². The first-order valence-corrected chi connectivity index (χ1v) is 10.6. The molecule has 3 aromatic carbocycles. The lowest BCUT2D eigenvalue weighted by atomic mass is 10.2. The lowest BCUT2D eigenvalue weighted by Crippen LogP contribution is -2.35. The van der Waals surface area contributed by atoms with Gasteiger partial charge in [-0.1, -0.05) is 41.9 Å². The molecular formula is C23H19ClN6O2S. The second-order valence-corrected chi connectivity index (χ2v) is 7.57. The average molecular weight is 479 g/mol. The van der Waals surface area contributed by atoms with Gasteiger partial charge in [0, 0.05) is 16.3 Å². The molecule has 0 aliphatic carbocycles. The Labute approximate surface area is 200 Å². The average Bonchev–Trinajstić information content (AvgIpc) is 2.84. The van der Waals surface area contributed by atoms with Gasteiger partial charge in [-0.05, 0) is 60.7 Å². The number of urea groups is 1. The molecule has 3 N–H and O–H groups in total. The number of amides is 2. The molecule has 4 aromatic rings. The number of halogens is 1. The van der Waals surface area contributed by atoms with E-state index < -0.39 is 6.03 Å². The lowest BCUT2D eigenvalue weighted by Gasteiger charge is -2.16. The van der Waals surface area contributed by atoms with E-state index in [9.17, 15) is 4.79 Å². The number of anilines is 2. The summed E-state index contributed by atoms with van der Waals surface area (Å²) in [5, 5.41) is 3.28. The van der Waals surface area contributed by atoms with Crippen molar-refractivity contribution in [2.75, 3.05) is 17.9 Å². The smallest absolute Gasteiger partial charge is 0.337 e. The number of carbonyl (C=O) groups is 1. The van der Waals surface area contributed by atoms with Crippen LogP contribution in [0.25, 0.3) is 17.1 Å². The van der Waals surface area contributed by atoms with E-state index in [4.69, 9.17) is 28.6 Å². The molecule has 0 bridgehead atoms. The number of ether oxygens (including phenoxy) is 1. The van der Waals surface area contributed by atoms with E-state index in [1.54, 1.807) is 48.1 Å². The highest BCUT2D eigenvalue weighted by Gasteiger charge is 2.13. The van der Waals surface area contributed by atoms with Crippen LogP contribution < -0.4 is 20.9 Å². The zero-order chi connectivity index (χ0) is 23.2. The van der Waals surface area contributed by atoms with Gasteiger partial charge < -0.3 is 10.1 Å². The summed E-state index contributed by atoms with van der Waals surface area (Å²) in [5.74, 6) is 1.40. The van der Waals surface area contributed by atoms with Crippen molar-refractivity contribution >= 4 is 41.5 Å². The molecule has 0 fully saturated rings. The molecular weight excluding hydrogens is 460 g/mol. The van der Waals surface area contributed by atoms with Crippen molar-refractivity contribution in [3.63, 3.8) is 0 Å². The fraction of sp³-hybridized carbons (Fsp3) is 0.0435. The van der Waals surface area contributed by atoms with Crippen LogP contribution in [0.1, 0.15) is 0 Å².